The molecule has 1 atom stereocenters. The molecule has 15 heavy (non-hydrogen) atoms. The smallest absolute Gasteiger partial charge is 0.416 e. The van der Waals surface area contributed by atoms with Crippen molar-refractivity contribution < 1.29 is 22.3 Å². The molecule has 1 nitrogen and oxygen atoms in total. The van der Waals surface area contributed by atoms with Crippen molar-refractivity contribution in [3.8, 4) is 5.75 Å². The summed E-state index contributed by atoms with van der Waals surface area (Å²) in [4.78, 5) is 0. The molecule has 0 N–H and O–H groups in total. The van der Waals surface area contributed by atoms with Gasteiger partial charge in [-0.1, -0.05) is 6.07 Å². The van der Waals surface area contributed by atoms with E-state index in [1.54, 1.807) is 0 Å². The minimum atomic E-state index is -4.47. The maximum atomic E-state index is 12.6. The van der Waals surface area contributed by atoms with Crippen molar-refractivity contribution in [1.29, 1.82) is 0 Å². The van der Waals surface area contributed by atoms with Gasteiger partial charge in [-0.05, 0) is 18.2 Å². The van der Waals surface area contributed by atoms with Gasteiger partial charge >= 0.3 is 6.18 Å². The third-order valence-electron chi connectivity index (χ3n) is 1.55. The fourth-order valence-electron chi connectivity index (χ4n) is 0.925. The van der Waals surface area contributed by atoms with E-state index in [1.165, 1.54) is 6.07 Å². The normalized spacial score (nSPS) is 13.7. The average molecular weight is 243 g/mol. The highest BCUT2D eigenvalue weighted by atomic mass is 35.5. The lowest BCUT2D eigenvalue weighted by Crippen LogP contribution is -2.12. The fraction of sp³-hybridized carbons (Fsp3) is 0.333. The molecule has 0 aromatic heterocycles. The lowest BCUT2D eigenvalue weighted by Gasteiger charge is -2.11. The van der Waals surface area contributed by atoms with Crippen molar-refractivity contribution in [2.75, 3.05) is 5.88 Å². The van der Waals surface area contributed by atoms with Crippen LogP contribution in [-0.4, -0.2) is 12.2 Å². The van der Waals surface area contributed by atoms with Crippen LogP contribution < -0.4 is 4.74 Å². The zero-order valence-corrected chi connectivity index (χ0v) is 8.15. The first kappa shape index (κ1) is 12.1. The van der Waals surface area contributed by atoms with E-state index in [0.29, 0.717) is 0 Å². The summed E-state index contributed by atoms with van der Waals surface area (Å²) < 4.78 is 53.7. The monoisotopic (exact) mass is 242 g/mol. The molecule has 0 aliphatic heterocycles. The standard InChI is InChI=1S/C9H7ClF4O/c10-5-8(11)15-7-3-1-2-6(4-7)9(12,13)14/h1-4,8H,5H2. The molecule has 1 unspecified atom stereocenters. The van der Waals surface area contributed by atoms with Crippen molar-refractivity contribution >= 4 is 11.6 Å². The molecule has 0 saturated heterocycles. The molecule has 0 heterocycles. The SMILES string of the molecule is FC(CCl)Oc1cccc(C(F)(F)F)c1. The van der Waals surface area contributed by atoms with Gasteiger partial charge in [-0.3, -0.25) is 0 Å². The second-order valence-corrected chi connectivity index (χ2v) is 3.02. The van der Waals surface area contributed by atoms with E-state index in [2.05, 4.69) is 4.74 Å². The van der Waals surface area contributed by atoms with Crippen LogP contribution in [0.2, 0.25) is 0 Å². The summed E-state index contributed by atoms with van der Waals surface area (Å²) in [6.45, 7) is 0. The van der Waals surface area contributed by atoms with Crippen LogP contribution in [0.5, 0.6) is 5.75 Å². The van der Waals surface area contributed by atoms with E-state index in [1.807, 2.05) is 0 Å². The van der Waals surface area contributed by atoms with Crippen molar-refractivity contribution in [1.82, 2.24) is 0 Å². The van der Waals surface area contributed by atoms with Crippen LogP contribution in [0.1, 0.15) is 5.56 Å². The van der Waals surface area contributed by atoms with Crippen molar-refractivity contribution in [2.24, 2.45) is 0 Å². The van der Waals surface area contributed by atoms with Gasteiger partial charge in [0.1, 0.15) is 5.75 Å². The first-order valence-electron chi connectivity index (χ1n) is 3.97. The van der Waals surface area contributed by atoms with Crippen LogP contribution in [0.4, 0.5) is 17.6 Å². The summed E-state index contributed by atoms with van der Waals surface area (Å²) in [5.41, 5.74) is -0.887. The molecule has 0 radical (unpaired) electrons. The molecule has 1 rings (SSSR count). The lowest BCUT2D eigenvalue weighted by molar-refractivity contribution is -0.137. The average Bonchev–Trinajstić information content (AvgIpc) is 2.17. The Morgan fingerprint density at radius 3 is 2.53 bits per heavy atom. The minimum absolute atomic E-state index is 0.196. The van der Waals surface area contributed by atoms with Crippen molar-refractivity contribution in [3.63, 3.8) is 0 Å². The Labute approximate surface area is 88.6 Å². The van der Waals surface area contributed by atoms with Gasteiger partial charge in [-0.2, -0.15) is 13.2 Å². The summed E-state index contributed by atoms with van der Waals surface area (Å²) in [7, 11) is 0. The Balaban J connectivity index is 2.84. The molecule has 1 aromatic rings. The number of ether oxygens (including phenoxy) is 1. The Morgan fingerprint density at radius 2 is 2.00 bits per heavy atom. The van der Waals surface area contributed by atoms with E-state index in [-0.39, 0.29) is 5.75 Å². The zero-order chi connectivity index (χ0) is 11.5. The fourth-order valence-corrected chi connectivity index (χ4v) is 0.988. The zero-order valence-electron chi connectivity index (χ0n) is 7.39. The number of benzene rings is 1. The Kier molecular flexibility index (Phi) is 3.79. The van der Waals surface area contributed by atoms with E-state index in [0.717, 1.165) is 18.2 Å². The highest BCUT2D eigenvalue weighted by molar-refractivity contribution is 6.18. The summed E-state index contributed by atoms with van der Waals surface area (Å²) in [6, 6.07) is 3.97. The summed E-state index contributed by atoms with van der Waals surface area (Å²) >= 11 is 5.11. The first-order chi connectivity index (χ1) is 6.93. The van der Waals surface area contributed by atoms with E-state index < -0.39 is 24.0 Å². The number of hydrogen-bond donors (Lipinski definition) is 0. The van der Waals surface area contributed by atoms with Gasteiger partial charge in [0.25, 0.3) is 6.36 Å². The third-order valence-corrected chi connectivity index (χ3v) is 1.79. The topological polar surface area (TPSA) is 9.23 Å². The quantitative estimate of drug-likeness (QED) is 0.581. The molecule has 0 bridgehead atoms. The molecule has 0 spiro atoms. The van der Waals surface area contributed by atoms with E-state index in [9.17, 15) is 17.6 Å². The second kappa shape index (κ2) is 4.70. The molecule has 0 aliphatic rings. The summed E-state index contributed by atoms with van der Waals surface area (Å²) in [6.07, 6.45) is -6.28. The molecule has 6 heteroatoms. The van der Waals surface area contributed by atoms with Crippen molar-refractivity contribution in [2.45, 2.75) is 12.5 Å². The maximum absolute atomic E-state index is 12.6. The van der Waals surface area contributed by atoms with Crippen LogP contribution >= 0.6 is 11.6 Å². The van der Waals surface area contributed by atoms with Crippen LogP contribution in [0.25, 0.3) is 0 Å². The van der Waals surface area contributed by atoms with Gasteiger partial charge in [-0.15, -0.1) is 11.6 Å². The largest absolute Gasteiger partial charge is 0.459 e. The summed E-state index contributed by atoms with van der Waals surface area (Å²) in [5, 5.41) is 0. The predicted octanol–water partition coefficient (Wildman–Crippen LogP) is 3.62. The van der Waals surface area contributed by atoms with E-state index >= 15 is 0 Å². The number of hydrogen-bond acceptors (Lipinski definition) is 1. The molecule has 0 aliphatic carbocycles. The minimum Gasteiger partial charge on any atom is -0.459 e. The lowest BCUT2D eigenvalue weighted by atomic mass is 10.2. The molecular formula is C9H7ClF4O. The number of alkyl halides is 5. The van der Waals surface area contributed by atoms with Gasteiger partial charge in [0, 0.05) is 0 Å². The Bertz CT molecular complexity index is 326. The molecular weight excluding hydrogens is 236 g/mol. The molecule has 0 amide bonds. The van der Waals surface area contributed by atoms with Crippen LogP contribution in [-0.2, 0) is 6.18 Å². The number of rotatable bonds is 3. The van der Waals surface area contributed by atoms with Crippen LogP contribution in [0.15, 0.2) is 24.3 Å². The van der Waals surface area contributed by atoms with Gasteiger partial charge in [0.15, 0.2) is 0 Å². The highest BCUT2D eigenvalue weighted by Gasteiger charge is 2.30. The Hall–Kier alpha value is -0.970. The Morgan fingerprint density at radius 1 is 1.33 bits per heavy atom. The number of halogens is 5. The molecule has 1 aromatic carbocycles. The van der Waals surface area contributed by atoms with Crippen LogP contribution in [0, 0.1) is 0 Å². The molecule has 0 fully saturated rings. The summed E-state index contributed by atoms with van der Waals surface area (Å²) in [5.74, 6) is -0.631. The van der Waals surface area contributed by atoms with Crippen LogP contribution in [0.3, 0.4) is 0 Å². The second-order valence-electron chi connectivity index (χ2n) is 2.71. The maximum Gasteiger partial charge on any atom is 0.416 e. The highest BCUT2D eigenvalue weighted by Crippen LogP contribution is 2.31. The van der Waals surface area contributed by atoms with Gasteiger partial charge < -0.3 is 4.74 Å². The van der Waals surface area contributed by atoms with Crippen molar-refractivity contribution in [3.05, 3.63) is 29.8 Å². The van der Waals surface area contributed by atoms with Gasteiger partial charge in [-0.25, -0.2) is 4.39 Å². The van der Waals surface area contributed by atoms with Gasteiger partial charge in [0.05, 0.1) is 11.4 Å². The van der Waals surface area contributed by atoms with E-state index in [4.69, 9.17) is 11.6 Å². The third kappa shape index (κ3) is 3.58. The molecule has 0 saturated carbocycles. The predicted molar refractivity (Wildman–Crippen MR) is 47.7 cm³/mol. The molecule has 84 valence electrons. The first-order valence-corrected chi connectivity index (χ1v) is 4.51. The van der Waals surface area contributed by atoms with Gasteiger partial charge in [0.2, 0.25) is 0 Å².